The predicted octanol–water partition coefficient (Wildman–Crippen LogP) is 0.833. The Morgan fingerprint density at radius 1 is 1.57 bits per heavy atom. The van der Waals surface area contributed by atoms with Crippen LogP contribution in [-0.2, 0) is 4.74 Å². The summed E-state index contributed by atoms with van der Waals surface area (Å²) < 4.78 is 6.99. The van der Waals surface area contributed by atoms with Crippen LogP contribution in [0, 0.1) is 0 Å². The summed E-state index contributed by atoms with van der Waals surface area (Å²) in [5.41, 5.74) is 1.27. The highest BCUT2D eigenvalue weighted by atomic mass is 16.5. The van der Waals surface area contributed by atoms with Crippen molar-refractivity contribution in [3.05, 3.63) is 36.2 Å². The highest BCUT2D eigenvalue weighted by Gasteiger charge is 2.34. The molecule has 0 radical (unpaired) electrons. The van der Waals surface area contributed by atoms with Crippen LogP contribution in [0.15, 0.2) is 30.6 Å². The number of carbonyl (C=O) groups is 1. The maximum absolute atomic E-state index is 12.4. The van der Waals surface area contributed by atoms with Gasteiger partial charge in [0.15, 0.2) is 0 Å². The van der Waals surface area contributed by atoms with E-state index in [1.54, 1.807) is 17.8 Å². The molecule has 2 aromatic rings. The topological polar surface area (TPSA) is 67.7 Å². The van der Waals surface area contributed by atoms with Gasteiger partial charge >= 0.3 is 0 Å². The summed E-state index contributed by atoms with van der Waals surface area (Å²) in [6.07, 6.45) is 5.55. The van der Waals surface area contributed by atoms with Crippen molar-refractivity contribution in [1.82, 2.24) is 20.2 Å². The number of amides is 1. The normalized spacial score (nSPS) is 21.8. The number of hydrogen-bond acceptors (Lipinski definition) is 4. The summed E-state index contributed by atoms with van der Waals surface area (Å²) in [5.74, 6) is -0.0969. The summed E-state index contributed by atoms with van der Waals surface area (Å²) >= 11 is 0. The number of aromatic nitrogens is 2. The highest BCUT2D eigenvalue weighted by molar-refractivity contribution is 6.00. The Bertz CT molecular complexity index is 631. The van der Waals surface area contributed by atoms with E-state index in [1.807, 2.05) is 24.4 Å². The van der Waals surface area contributed by atoms with E-state index in [2.05, 4.69) is 15.7 Å². The second kappa shape index (κ2) is 5.83. The number of rotatable bonds is 5. The molecule has 1 amide bonds. The number of hydrogen-bond donors (Lipinski definition) is 2. The zero-order valence-electron chi connectivity index (χ0n) is 12.1. The molecule has 1 fully saturated rings. The van der Waals surface area contributed by atoms with Crippen molar-refractivity contribution in [2.45, 2.75) is 18.4 Å². The SMILES string of the molecule is COCC1(CNC(=O)c2cnn3ccccc23)CCCN1. The van der Waals surface area contributed by atoms with Gasteiger partial charge in [-0.2, -0.15) is 5.10 Å². The maximum Gasteiger partial charge on any atom is 0.255 e. The third-order valence-electron chi connectivity index (χ3n) is 4.01. The van der Waals surface area contributed by atoms with Crippen LogP contribution in [0.1, 0.15) is 23.2 Å². The standard InChI is InChI=1S/C15H20N4O2/c1-21-11-15(6-4-7-17-15)10-16-14(20)12-9-18-19-8-3-2-5-13(12)19/h2-3,5,8-9,17H,4,6-7,10-11H2,1H3,(H,16,20). The molecule has 6 nitrogen and oxygen atoms in total. The average molecular weight is 288 g/mol. The van der Waals surface area contributed by atoms with Crippen LogP contribution >= 0.6 is 0 Å². The van der Waals surface area contributed by atoms with Gasteiger partial charge in [-0.25, -0.2) is 4.52 Å². The van der Waals surface area contributed by atoms with Gasteiger partial charge in [-0.1, -0.05) is 6.07 Å². The van der Waals surface area contributed by atoms with Crippen LogP contribution in [0.2, 0.25) is 0 Å². The first kappa shape index (κ1) is 14.0. The van der Waals surface area contributed by atoms with E-state index in [-0.39, 0.29) is 11.4 Å². The van der Waals surface area contributed by atoms with Gasteiger partial charge in [-0.05, 0) is 31.5 Å². The summed E-state index contributed by atoms with van der Waals surface area (Å²) in [5, 5.41) is 10.6. The number of fused-ring (bicyclic) bond motifs is 1. The molecule has 1 unspecified atom stereocenters. The molecule has 2 aromatic heterocycles. The second-order valence-electron chi connectivity index (χ2n) is 5.52. The number of carbonyl (C=O) groups excluding carboxylic acids is 1. The fourth-order valence-corrected chi connectivity index (χ4v) is 2.92. The van der Waals surface area contributed by atoms with Gasteiger partial charge in [0.2, 0.25) is 0 Å². The molecule has 21 heavy (non-hydrogen) atoms. The fraction of sp³-hybridized carbons (Fsp3) is 0.467. The van der Waals surface area contributed by atoms with Gasteiger partial charge < -0.3 is 15.4 Å². The third kappa shape index (κ3) is 2.77. The lowest BCUT2D eigenvalue weighted by Crippen LogP contribution is -2.52. The predicted molar refractivity (Wildman–Crippen MR) is 79.4 cm³/mol. The Labute approximate surface area is 123 Å². The molecular formula is C15H20N4O2. The molecule has 0 aromatic carbocycles. The van der Waals surface area contributed by atoms with Crippen molar-refractivity contribution in [1.29, 1.82) is 0 Å². The summed E-state index contributed by atoms with van der Waals surface area (Å²) in [7, 11) is 1.69. The maximum atomic E-state index is 12.4. The largest absolute Gasteiger partial charge is 0.383 e. The highest BCUT2D eigenvalue weighted by Crippen LogP contribution is 2.19. The molecule has 0 saturated carbocycles. The number of methoxy groups -OCH3 is 1. The van der Waals surface area contributed by atoms with Crippen molar-refractivity contribution in [2.24, 2.45) is 0 Å². The van der Waals surface area contributed by atoms with Crippen LogP contribution in [0.4, 0.5) is 0 Å². The molecular weight excluding hydrogens is 268 g/mol. The van der Waals surface area contributed by atoms with Crippen molar-refractivity contribution in [2.75, 3.05) is 26.8 Å². The lowest BCUT2D eigenvalue weighted by Gasteiger charge is -2.28. The fourth-order valence-electron chi connectivity index (χ4n) is 2.92. The van der Waals surface area contributed by atoms with E-state index in [0.717, 1.165) is 24.9 Å². The zero-order chi connectivity index (χ0) is 14.7. The van der Waals surface area contributed by atoms with Gasteiger partial charge in [-0.15, -0.1) is 0 Å². The van der Waals surface area contributed by atoms with E-state index >= 15 is 0 Å². The Morgan fingerprint density at radius 2 is 2.48 bits per heavy atom. The van der Waals surface area contributed by atoms with Gasteiger partial charge in [0, 0.05) is 19.9 Å². The van der Waals surface area contributed by atoms with Gasteiger partial charge in [0.1, 0.15) is 0 Å². The lowest BCUT2D eigenvalue weighted by molar-refractivity contribution is 0.0893. The van der Waals surface area contributed by atoms with Crippen molar-refractivity contribution < 1.29 is 9.53 Å². The summed E-state index contributed by atoms with van der Waals surface area (Å²) in [4.78, 5) is 12.4. The van der Waals surface area contributed by atoms with Crippen LogP contribution in [0.5, 0.6) is 0 Å². The van der Waals surface area contributed by atoms with Crippen molar-refractivity contribution in [3.8, 4) is 0 Å². The number of nitrogens with one attached hydrogen (secondary N) is 2. The van der Waals surface area contributed by atoms with Gasteiger partial charge in [0.05, 0.1) is 29.4 Å². The van der Waals surface area contributed by atoms with Gasteiger partial charge in [0.25, 0.3) is 5.91 Å². The van der Waals surface area contributed by atoms with Crippen molar-refractivity contribution in [3.63, 3.8) is 0 Å². The quantitative estimate of drug-likeness (QED) is 0.855. The van der Waals surface area contributed by atoms with Gasteiger partial charge in [-0.3, -0.25) is 4.79 Å². The van der Waals surface area contributed by atoms with E-state index < -0.39 is 0 Å². The van der Waals surface area contributed by atoms with E-state index in [9.17, 15) is 4.79 Å². The van der Waals surface area contributed by atoms with E-state index in [1.165, 1.54) is 0 Å². The number of pyridine rings is 1. The molecule has 0 aliphatic carbocycles. The van der Waals surface area contributed by atoms with Crippen molar-refractivity contribution >= 4 is 11.4 Å². The summed E-state index contributed by atoms with van der Waals surface area (Å²) in [6, 6.07) is 5.68. The molecule has 0 spiro atoms. The first-order valence-corrected chi connectivity index (χ1v) is 7.19. The smallest absolute Gasteiger partial charge is 0.255 e. The Morgan fingerprint density at radius 3 is 3.24 bits per heavy atom. The Kier molecular flexibility index (Phi) is 3.90. The minimum Gasteiger partial charge on any atom is -0.383 e. The van der Waals surface area contributed by atoms with Crippen LogP contribution in [-0.4, -0.2) is 47.9 Å². The monoisotopic (exact) mass is 288 g/mol. The minimum absolute atomic E-state index is 0.0969. The molecule has 3 rings (SSSR count). The Balaban J connectivity index is 1.71. The molecule has 0 bridgehead atoms. The van der Waals surface area contributed by atoms with Crippen LogP contribution in [0.25, 0.3) is 5.52 Å². The Hall–Kier alpha value is -1.92. The molecule has 2 N–H and O–H groups in total. The molecule has 1 saturated heterocycles. The summed E-state index contributed by atoms with van der Waals surface area (Å²) in [6.45, 7) is 2.13. The average Bonchev–Trinajstić information content (AvgIpc) is 3.12. The van der Waals surface area contributed by atoms with Crippen LogP contribution < -0.4 is 10.6 Å². The second-order valence-corrected chi connectivity index (χ2v) is 5.52. The molecule has 112 valence electrons. The first-order valence-electron chi connectivity index (χ1n) is 7.19. The van der Waals surface area contributed by atoms with E-state index in [0.29, 0.717) is 18.7 Å². The number of ether oxygens (including phenoxy) is 1. The molecule has 6 heteroatoms. The molecule has 1 atom stereocenters. The molecule has 1 aliphatic rings. The minimum atomic E-state index is -0.145. The van der Waals surface area contributed by atoms with E-state index in [4.69, 9.17) is 4.74 Å². The third-order valence-corrected chi connectivity index (χ3v) is 4.01. The first-order chi connectivity index (χ1) is 10.2. The zero-order valence-corrected chi connectivity index (χ0v) is 12.1. The number of nitrogens with zero attached hydrogens (tertiary/aromatic N) is 2. The molecule has 1 aliphatic heterocycles. The molecule has 3 heterocycles. The lowest BCUT2D eigenvalue weighted by atomic mass is 9.98. The van der Waals surface area contributed by atoms with Crippen LogP contribution in [0.3, 0.4) is 0 Å².